The minimum atomic E-state index is -3.41. The molecule has 11 atom stereocenters. The SMILES string of the molecule is CC1c2ccc(CC(O)Cc3ccccc3)c(O)c2C(O)C2C(O)C3(O)C(=O)C(C(=O)O)C(O)CC3(O)C(O)C12O. The summed E-state index contributed by atoms with van der Waals surface area (Å²) in [7, 11) is 0. The van der Waals surface area contributed by atoms with Gasteiger partial charge < -0.3 is 51.1 Å². The summed E-state index contributed by atoms with van der Waals surface area (Å²) in [6.07, 6.45) is -10.9. The maximum absolute atomic E-state index is 13.2. The van der Waals surface area contributed by atoms with Crippen molar-refractivity contribution in [2.45, 2.75) is 79.4 Å². The van der Waals surface area contributed by atoms with Crippen molar-refractivity contribution in [1.82, 2.24) is 0 Å². The van der Waals surface area contributed by atoms with Crippen LogP contribution in [0.4, 0.5) is 0 Å². The molecular formula is C29H34O12. The highest BCUT2D eigenvalue weighted by molar-refractivity contribution is 6.05. The Morgan fingerprint density at radius 1 is 1.00 bits per heavy atom. The third kappa shape index (κ3) is 3.90. The molecular weight excluding hydrogens is 540 g/mol. The Morgan fingerprint density at radius 2 is 1.63 bits per heavy atom. The van der Waals surface area contributed by atoms with Gasteiger partial charge in [-0.1, -0.05) is 49.4 Å². The van der Waals surface area contributed by atoms with Crippen LogP contribution >= 0.6 is 0 Å². The summed E-state index contributed by atoms with van der Waals surface area (Å²) in [4.78, 5) is 25.0. The van der Waals surface area contributed by atoms with E-state index >= 15 is 0 Å². The van der Waals surface area contributed by atoms with Crippen LogP contribution in [0.25, 0.3) is 0 Å². The number of Topliss-reactive ketones (excluding diaryl/α,β-unsaturated/α-hetero) is 1. The minimum absolute atomic E-state index is 0.0461. The minimum Gasteiger partial charge on any atom is -0.507 e. The van der Waals surface area contributed by atoms with Gasteiger partial charge in [0.25, 0.3) is 0 Å². The van der Waals surface area contributed by atoms with E-state index in [4.69, 9.17) is 0 Å². The number of hydrogen-bond donors (Lipinski definition) is 10. The van der Waals surface area contributed by atoms with Crippen LogP contribution in [0.15, 0.2) is 42.5 Å². The third-order valence-corrected chi connectivity index (χ3v) is 9.58. The molecule has 11 unspecified atom stereocenters. The van der Waals surface area contributed by atoms with Crippen LogP contribution in [0, 0.1) is 11.8 Å². The number of phenols is 1. The third-order valence-electron chi connectivity index (χ3n) is 9.58. The van der Waals surface area contributed by atoms with Crippen LogP contribution in [0.1, 0.15) is 47.6 Å². The second kappa shape index (κ2) is 9.82. The van der Waals surface area contributed by atoms with E-state index in [9.17, 15) is 60.7 Å². The van der Waals surface area contributed by atoms with Crippen molar-refractivity contribution in [2.75, 3.05) is 0 Å². The molecule has 0 amide bonds. The molecule has 0 spiro atoms. The number of carbonyl (C=O) groups is 2. The molecule has 0 saturated heterocycles. The lowest BCUT2D eigenvalue weighted by molar-refractivity contribution is -0.348. The highest BCUT2D eigenvalue weighted by Crippen LogP contribution is 2.62. The van der Waals surface area contributed by atoms with E-state index in [1.165, 1.54) is 19.1 Å². The summed E-state index contributed by atoms with van der Waals surface area (Å²) in [6.45, 7) is 1.38. The number of ketones is 1. The number of carboxylic acids is 1. The number of rotatable bonds is 5. The van der Waals surface area contributed by atoms with E-state index in [0.29, 0.717) is 0 Å². The maximum Gasteiger partial charge on any atom is 0.316 e. The Morgan fingerprint density at radius 3 is 2.24 bits per heavy atom. The summed E-state index contributed by atoms with van der Waals surface area (Å²) < 4.78 is 0. The predicted molar refractivity (Wildman–Crippen MR) is 138 cm³/mol. The van der Waals surface area contributed by atoms with Crippen LogP contribution in [-0.2, 0) is 22.4 Å². The number of fused-ring (bicyclic) bond motifs is 3. The standard InChI is InChI=1S/C29H34O12/c1-12-16-8-7-14(10-15(30)9-13-5-3-2-4-6-13)21(32)18(16)22(33)20-24(35)29(41)23(34)19(25(36)37)17(31)11-27(29,39)26(38)28(12,20)40/h2-8,12,15,17,19-20,22,24,26,30-33,35,38-41H,9-11H2,1H3,(H,36,37). The first-order valence-electron chi connectivity index (χ1n) is 13.3. The molecule has 2 saturated carbocycles. The molecule has 0 aromatic heterocycles. The van der Waals surface area contributed by atoms with Gasteiger partial charge in [0, 0.05) is 24.3 Å². The number of aromatic hydroxyl groups is 1. The molecule has 222 valence electrons. The lowest BCUT2D eigenvalue weighted by atomic mass is 9.46. The molecule has 0 aliphatic heterocycles. The largest absolute Gasteiger partial charge is 0.507 e. The van der Waals surface area contributed by atoms with Gasteiger partial charge in [-0.15, -0.1) is 0 Å². The summed E-state index contributed by atoms with van der Waals surface area (Å²) >= 11 is 0. The van der Waals surface area contributed by atoms with Gasteiger partial charge in [-0.05, 0) is 23.1 Å². The molecule has 10 N–H and O–H groups in total. The van der Waals surface area contributed by atoms with Gasteiger partial charge >= 0.3 is 5.97 Å². The molecule has 3 aliphatic carbocycles. The molecule has 0 radical (unpaired) electrons. The zero-order chi connectivity index (χ0) is 30.2. The molecule has 0 bridgehead atoms. The van der Waals surface area contributed by atoms with Gasteiger partial charge in [-0.2, -0.15) is 0 Å². The van der Waals surface area contributed by atoms with Crippen LogP contribution < -0.4 is 0 Å². The van der Waals surface area contributed by atoms with Crippen molar-refractivity contribution < 1.29 is 60.7 Å². The fourth-order valence-corrected chi connectivity index (χ4v) is 7.41. The average Bonchev–Trinajstić information content (AvgIpc) is 2.90. The molecule has 0 heterocycles. The van der Waals surface area contributed by atoms with Crippen LogP contribution in [0.3, 0.4) is 0 Å². The van der Waals surface area contributed by atoms with Crippen molar-refractivity contribution >= 4 is 11.8 Å². The van der Waals surface area contributed by atoms with E-state index < -0.39 is 89.0 Å². The number of benzene rings is 2. The quantitative estimate of drug-likeness (QED) is 0.179. The molecule has 2 aromatic carbocycles. The summed E-state index contributed by atoms with van der Waals surface area (Å²) in [5.41, 5.74) is -8.14. The zero-order valence-electron chi connectivity index (χ0n) is 22.1. The number of hydrogen-bond acceptors (Lipinski definition) is 11. The smallest absolute Gasteiger partial charge is 0.316 e. The molecule has 12 nitrogen and oxygen atoms in total. The monoisotopic (exact) mass is 574 g/mol. The number of carboxylic acid groups (broad SMARTS) is 1. The highest BCUT2D eigenvalue weighted by atomic mass is 16.4. The van der Waals surface area contributed by atoms with E-state index in [2.05, 4.69) is 0 Å². The lowest BCUT2D eigenvalue weighted by Crippen LogP contribution is -2.86. The van der Waals surface area contributed by atoms with Crippen molar-refractivity contribution in [3.05, 3.63) is 64.7 Å². The molecule has 5 rings (SSSR count). The molecule has 2 fully saturated rings. The first-order chi connectivity index (χ1) is 19.1. The van der Waals surface area contributed by atoms with E-state index in [1.54, 1.807) is 0 Å². The highest BCUT2D eigenvalue weighted by Gasteiger charge is 2.80. The van der Waals surface area contributed by atoms with Crippen molar-refractivity contribution in [3.8, 4) is 5.75 Å². The Balaban J connectivity index is 1.58. The van der Waals surface area contributed by atoms with E-state index in [0.717, 1.165) is 5.56 Å². The number of aliphatic hydroxyl groups excluding tert-OH is 5. The Hall–Kier alpha value is -2.94. The number of carbonyl (C=O) groups excluding carboxylic acids is 1. The van der Waals surface area contributed by atoms with E-state index in [1.807, 2.05) is 30.3 Å². The number of phenolic OH excluding ortho intramolecular Hbond substituents is 1. The normalized spacial score (nSPS) is 40.7. The topological polar surface area (TPSA) is 236 Å². The van der Waals surface area contributed by atoms with Crippen molar-refractivity contribution in [1.29, 1.82) is 0 Å². The molecule has 3 aliphatic rings. The molecule has 12 heteroatoms. The Labute approximate surface area is 234 Å². The second-order valence-electron chi connectivity index (χ2n) is 11.7. The Kier molecular flexibility index (Phi) is 7.08. The summed E-state index contributed by atoms with van der Waals surface area (Å²) in [5, 5.41) is 111. The van der Waals surface area contributed by atoms with Crippen LogP contribution in [-0.4, -0.2) is 104 Å². The lowest BCUT2D eigenvalue weighted by Gasteiger charge is -2.65. The first kappa shape index (κ1) is 29.5. The maximum atomic E-state index is 13.2. The molecule has 41 heavy (non-hydrogen) atoms. The number of aliphatic hydroxyl groups is 8. The first-order valence-corrected chi connectivity index (χ1v) is 13.3. The van der Waals surface area contributed by atoms with Crippen molar-refractivity contribution in [2.24, 2.45) is 11.8 Å². The number of aliphatic carboxylic acids is 1. The summed E-state index contributed by atoms with van der Waals surface area (Å²) in [6, 6.07) is 12.0. The average molecular weight is 575 g/mol. The van der Waals surface area contributed by atoms with Gasteiger partial charge in [0.05, 0.1) is 24.2 Å². The predicted octanol–water partition coefficient (Wildman–Crippen LogP) is -1.73. The van der Waals surface area contributed by atoms with Gasteiger partial charge in [0.1, 0.15) is 35.1 Å². The fraction of sp³-hybridized carbons (Fsp3) is 0.517. The summed E-state index contributed by atoms with van der Waals surface area (Å²) in [5.74, 6) is -9.53. The zero-order valence-corrected chi connectivity index (χ0v) is 22.1. The van der Waals surface area contributed by atoms with Crippen molar-refractivity contribution in [3.63, 3.8) is 0 Å². The molecule has 2 aromatic rings. The van der Waals surface area contributed by atoms with Crippen LogP contribution in [0.5, 0.6) is 5.75 Å². The van der Waals surface area contributed by atoms with Gasteiger partial charge in [-0.3, -0.25) is 9.59 Å². The Bertz CT molecular complexity index is 1370. The van der Waals surface area contributed by atoms with Crippen LogP contribution in [0.2, 0.25) is 0 Å². The van der Waals surface area contributed by atoms with Gasteiger partial charge in [0.2, 0.25) is 0 Å². The van der Waals surface area contributed by atoms with Gasteiger partial charge in [-0.25, -0.2) is 0 Å². The van der Waals surface area contributed by atoms with E-state index in [-0.39, 0.29) is 29.5 Å². The fourth-order valence-electron chi connectivity index (χ4n) is 7.41. The second-order valence-corrected chi connectivity index (χ2v) is 11.7. The van der Waals surface area contributed by atoms with Gasteiger partial charge in [0.15, 0.2) is 11.4 Å².